The van der Waals surface area contributed by atoms with Crippen LogP contribution < -0.4 is 0 Å². The summed E-state index contributed by atoms with van der Waals surface area (Å²) in [6.45, 7) is 5.72. The van der Waals surface area contributed by atoms with Crippen LogP contribution in [0.5, 0.6) is 0 Å². The second-order valence-corrected chi connectivity index (χ2v) is 6.04. The maximum atomic E-state index is 12.6. The lowest BCUT2D eigenvalue weighted by Gasteiger charge is -2.23. The van der Waals surface area contributed by atoms with Gasteiger partial charge in [0.05, 0.1) is 22.9 Å². The van der Waals surface area contributed by atoms with Crippen LogP contribution >= 0.6 is 0 Å². The number of amides is 1. The van der Waals surface area contributed by atoms with Crippen molar-refractivity contribution in [3.63, 3.8) is 0 Å². The van der Waals surface area contributed by atoms with Gasteiger partial charge in [-0.1, -0.05) is 6.07 Å². The standard InChI is InChI=1S/C18H20N4O3/c1-5-22-15(12-7-6-8-19-9-12)14(17(24)18(22)25)16(23)13-10(2)20-21(4)11(13)3/h6-9,15,23H,5H2,1-4H3/b16-14+. The maximum Gasteiger partial charge on any atom is 0.295 e. The number of aryl methyl sites for hydroxylation is 2. The van der Waals surface area contributed by atoms with E-state index >= 15 is 0 Å². The SMILES string of the molecule is CCN1C(=O)C(=O)/C(=C(/O)c2c(C)nn(C)c2C)C1c1cccnc1. The predicted octanol–water partition coefficient (Wildman–Crippen LogP) is 1.87. The quantitative estimate of drug-likeness (QED) is 0.523. The van der Waals surface area contributed by atoms with Crippen molar-refractivity contribution in [1.82, 2.24) is 19.7 Å². The molecule has 7 heteroatoms. The number of nitrogens with zero attached hydrogens (tertiary/aromatic N) is 4. The summed E-state index contributed by atoms with van der Waals surface area (Å²) < 4.78 is 1.64. The molecule has 1 amide bonds. The lowest BCUT2D eigenvalue weighted by molar-refractivity contribution is -0.139. The van der Waals surface area contributed by atoms with E-state index in [1.165, 1.54) is 4.90 Å². The molecule has 3 rings (SSSR count). The van der Waals surface area contributed by atoms with Crippen molar-refractivity contribution < 1.29 is 14.7 Å². The summed E-state index contributed by atoms with van der Waals surface area (Å²) in [4.78, 5) is 30.6. The Kier molecular flexibility index (Phi) is 4.16. The molecule has 2 aromatic heterocycles. The molecule has 1 aliphatic heterocycles. The highest BCUT2D eigenvalue weighted by Crippen LogP contribution is 2.39. The monoisotopic (exact) mass is 340 g/mol. The van der Waals surface area contributed by atoms with Crippen molar-refractivity contribution >= 4 is 17.4 Å². The van der Waals surface area contributed by atoms with Crippen LogP contribution in [0.3, 0.4) is 0 Å². The number of aromatic nitrogens is 3. The Hall–Kier alpha value is -2.96. The van der Waals surface area contributed by atoms with Gasteiger partial charge in [0.2, 0.25) is 0 Å². The molecule has 0 spiro atoms. The number of aliphatic hydroxyl groups is 1. The molecule has 1 fully saturated rings. The number of rotatable bonds is 3. The fourth-order valence-electron chi connectivity index (χ4n) is 3.34. The number of carbonyl (C=O) groups excluding carboxylic acids is 2. The molecule has 25 heavy (non-hydrogen) atoms. The fourth-order valence-corrected chi connectivity index (χ4v) is 3.34. The highest BCUT2D eigenvalue weighted by atomic mass is 16.3. The van der Waals surface area contributed by atoms with Gasteiger partial charge in [-0.3, -0.25) is 19.3 Å². The minimum atomic E-state index is -0.684. The minimum Gasteiger partial charge on any atom is -0.507 e. The second-order valence-electron chi connectivity index (χ2n) is 6.04. The molecular formula is C18H20N4O3. The van der Waals surface area contributed by atoms with Crippen LogP contribution in [0, 0.1) is 13.8 Å². The summed E-state index contributed by atoms with van der Waals surface area (Å²) in [5.41, 5.74) is 2.58. The summed E-state index contributed by atoms with van der Waals surface area (Å²) >= 11 is 0. The van der Waals surface area contributed by atoms with Gasteiger partial charge < -0.3 is 10.0 Å². The Morgan fingerprint density at radius 1 is 1.32 bits per heavy atom. The Balaban J connectivity index is 2.27. The smallest absolute Gasteiger partial charge is 0.295 e. The number of hydrogen-bond donors (Lipinski definition) is 1. The highest BCUT2D eigenvalue weighted by Gasteiger charge is 2.45. The summed E-state index contributed by atoms with van der Waals surface area (Å²) in [6, 6.07) is 2.88. The van der Waals surface area contributed by atoms with E-state index in [0.29, 0.717) is 23.4 Å². The number of carbonyl (C=O) groups is 2. The lowest BCUT2D eigenvalue weighted by Crippen LogP contribution is -2.29. The Labute approximate surface area is 145 Å². The summed E-state index contributed by atoms with van der Waals surface area (Å²) in [7, 11) is 1.77. The number of aliphatic hydroxyl groups excluding tert-OH is 1. The van der Waals surface area contributed by atoms with E-state index in [4.69, 9.17) is 0 Å². The minimum absolute atomic E-state index is 0.0825. The molecule has 0 radical (unpaired) electrons. The summed E-state index contributed by atoms with van der Waals surface area (Å²) in [6.07, 6.45) is 3.23. The van der Waals surface area contributed by atoms with Crippen LogP contribution in [0.25, 0.3) is 5.76 Å². The number of ketones is 1. The zero-order valence-electron chi connectivity index (χ0n) is 14.6. The van der Waals surface area contributed by atoms with E-state index in [0.717, 1.165) is 5.69 Å². The molecule has 0 aromatic carbocycles. The molecule has 1 atom stereocenters. The van der Waals surface area contributed by atoms with Crippen molar-refractivity contribution in [2.45, 2.75) is 26.8 Å². The third kappa shape index (κ3) is 2.52. The molecule has 3 heterocycles. The van der Waals surface area contributed by atoms with Crippen molar-refractivity contribution in [1.29, 1.82) is 0 Å². The molecule has 2 aromatic rings. The average Bonchev–Trinajstić information content (AvgIpc) is 3.01. The number of Topliss-reactive ketones (excluding diaryl/α,β-unsaturated/α-hetero) is 1. The number of pyridine rings is 1. The van der Waals surface area contributed by atoms with Crippen molar-refractivity contribution in [2.24, 2.45) is 7.05 Å². The zero-order chi connectivity index (χ0) is 18.3. The van der Waals surface area contributed by atoms with Crippen LogP contribution in [0.1, 0.15) is 35.5 Å². The molecule has 1 unspecified atom stereocenters. The Morgan fingerprint density at radius 2 is 2.04 bits per heavy atom. The van der Waals surface area contributed by atoms with E-state index in [2.05, 4.69) is 10.1 Å². The molecule has 130 valence electrons. The summed E-state index contributed by atoms with van der Waals surface area (Å²) in [5.74, 6) is -1.49. The Morgan fingerprint density at radius 3 is 2.56 bits per heavy atom. The molecule has 7 nitrogen and oxygen atoms in total. The van der Waals surface area contributed by atoms with Gasteiger partial charge in [0.25, 0.3) is 11.7 Å². The third-order valence-corrected chi connectivity index (χ3v) is 4.63. The van der Waals surface area contributed by atoms with Crippen LogP contribution in [0.4, 0.5) is 0 Å². The van der Waals surface area contributed by atoms with Gasteiger partial charge in [-0.05, 0) is 32.4 Å². The zero-order valence-corrected chi connectivity index (χ0v) is 14.6. The molecule has 1 saturated heterocycles. The first-order valence-corrected chi connectivity index (χ1v) is 8.07. The van der Waals surface area contributed by atoms with Gasteiger partial charge in [-0.25, -0.2) is 0 Å². The largest absolute Gasteiger partial charge is 0.507 e. The third-order valence-electron chi connectivity index (χ3n) is 4.63. The molecular weight excluding hydrogens is 320 g/mol. The topological polar surface area (TPSA) is 88.3 Å². The number of likely N-dealkylation sites (N-methyl/N-ethyl adjacent to an activating group) is 1. The normalized spacial score (nSPS) is 19.7. The van der Waals surface area contributed by atoms with Crippen LogP contribution in [0.15, 0.2) is 30.1 Å². The van der Waals surface area contributed by atoms with E-state index in [-0.39, 0.29) is 11.3 Å². The van der Waals surface area contributed by atoms with E-state index in [1.54, 1.807) is 50.1 Å². The maximum absolute atomic E-state index is 12.6. The van der Waals surface area contributed by atoms with E-state index in [1.807, 2.05) is 6.92 Å². The van der Waals surface area contributed by atoms with Gasteiger partial charge in [0, 0.05) is 31.7 Å². The first-order chi connectivity index (χ1) is 11.9. The van der Waals surface area contributed by atoms with Gasteiger partial charge in [0.1, 0.15) is 5.76 Å². The van der Waals surface area contributed by atoms with Gasteiger partial charge in [-0.2, -0.15) is 5.10 Å². The lowest BCUT2D eigenvalue weighted by atomic mass is 9.95. The second kappa shape index (κ2) is 6.16. The van der Waals surface area contributed by atoms with Crippen LogP contribution in [-0.2, 0) is 16.6 Å². The van der Waals surface area contributed by atoms with Gasteiger partial charge in [0.15, 0.2) is 0 Å². The number of hydrogen-bond acceptors (Lipinski definition) is 5. The van der Waals surface area contributed by atoms with E-state index < -0.39 is 17.7 Å². The van der Waals surface area contributed by atoms with Crippen LogP contribution in [-0.4, -0.2) is 43.0 Å². The predicted molar refractivity (Wildman–Crippen MR) is 91.6 cm³/mol. The van der Waals surface area contributed by atoms with Crippen molar-refractivity contribution in [3.05, 3.63) is 52.6 Å². The highest BCUT2D eigenvalue weighted by molar-refractivity contribution is 6.46. The number of likely N-dealkylation sites (tertiary alicyclic amines) is 1. The molecule has 0 saturated carbocycles. The van der Waals surface area contributed by atoms with Crippen LogP contribution in [0.2, 0.25) is 0 Å². The Bertz CT molecular complexity index is 883. The fraction of sp³-hybridized carbons (Fsp3) is 0.333. The van der Waals surface area contributed by atoms with Gasteiger partial charge >= 0.3 is 0 Å². The molecule has 0 bridgehead atoms. The molecule has 0 aliphatic carbocycles. The summed E-state index contributed by atoms with van der Waals surface area (Å²) in [5, 5.41) is 15.2. The van der Waals surface area contributed by atoms with Crippen molar-refractivity contribution in [2.75, 3.05) is 6.54 Å². The van der Waals surface area contributed by atoms with E-state index in [9.17, 15) is 14.7 Å². The molecule has 1 aliphatic rings. The average molecular weight is 340 g/mol. The first kappa shape index (κ1) is 16.9. The first-order valence-electron chi connectivity index (χ1n) is 8.07. The van der Waals surface area contributed by atoms with Gasteiger partial charge in [-0.15, -0.1) is 0 Å². The van der Waals surface area contributed by atoms with Crippen molar-refractivity contribution in [3.8, 4) is 0 Å². The molecule has 1 N–H and O–H groups in total.